The highest BCUT2D eigenvalue weighted by Crippen LogP contribution is 2.31. The van der Waals surface area contributed by atoms with Crippen LogP contribution in [0.1, 0.15) is 18.1 Å². The molecule has 1 aromatic heterocycles. The maximum absolute atomic E-state index is 5.99. The Morgan fingerprint density at radius 2 is 2.10 bits per heavy atom. The fourth-order valence-corrected chi connectivity index (χ4v) is 2.73. The predicted octanol–water partition coefficient (Wildman–Crippen LogP) is 3.49. The van der Waals surface area contributed by atoms with Gasteiger partial charge in [0.2, 0.25) is 0 Å². The molecule has 0 aliphatic carbocycles. The average molecular weight is 291 g/mol. The molecule has 108 valence electrons. The summed E-state index contributed by atoms with van der Waals surface area (Å²) in [7, 11) is 1.93. The third-order valence-corrected chi connectivity index (χ3v) is 3.68. The van der Waals surface area contributed by atoms with Gasteiger partial charge >= 0.3 is 0 Å². The van der Waals surface area contributed by atoms with Crippen molar-refractivity contribution < 1.29 is 9.47 Å². The molecule has 0 saturated carbocycles. The highest BCUT2D eigenvalue weighted by molar-refractivity contribution is 7.07. The number of nitrogens with one attached hydrogen (secondary N) is 1. The van der Waals surface area contributed by atoms with Crippen molar-refractivity contribution in [1.82, 2.24) is 5.32 Å². The third kappa shape index (κ3) is 3.99. The summed E-state index contributed by atoms with van der Waals surface area (Å²) in [6.07, 6.45) is 0.920. The van der Waals surface area contributed by atoms with Gasteiger partial charge in [0.25, 0.3) is 0 Å². The van der Waals surface area contributed by atoms with Gasteiger partial charge in [-0.3, -0.25) is 0 Å². The van der Waals surface area contributed by atoms with Gasteiger partial charge < -0.3 is 14.8 Å². The smallest absolute Gasteiger partial charge is 0.165 e. The SMILES string of the molecule is CCOc1cccc(CNC)c1OCCc1ccsc1. The van der Waals surface area contributed by atoms with Crippen molar-refractivity contribution in [2.75, 3.05) is 20.3 Å². The number of ether oxygens (including phenoxy) is 2. The van der Waals surface area contributed by atoms with Gasteiger partial charge in [-0.1, -0.05) is 12.1 Å². The van der Waals surface area contributed by atoms with Gasteiger partial charge in [-0.05, 0) is 42.4 Å². The molecular formula is C16H21NO2S. The Kier molecular flexibility index (Phi) is 5.89. The van der Waals surface area contributed by atoms with Gasteiger partial charge in [-0.15, -0.1) is 0 Å². The molecule has 0 spiro atoms. The summed E-state index contributed by atoms with van der Waals surface area (Å²) < 4.78 is 11.6. The minimum atomic E-state index is 0.643. The molecular weight excluding hydrogens is 270 g/mol. The fraction of sp³-hybridized carbons (Fsp3) is 0.375. The van der Waals surface area contributed by atoms with E-state index in [9.17, 15) is 0 Å². The average Bonchev–Trinajstić information content (AvgIpc) is 2.95. The first kappa shape index (κ1) is 14.9. The molecule has 20 heavy (non-hydrogen) atoms. The Balaban J connectivity index is 2.06. The van der Waals surface area contributed by atoms with Crippen molar-refractivity contribution in [3.63, 3.8) is 0 Å². The summed E-state index contributed by atoms with van der Waals surface area (Å²) in [5.74, 6) is 1.68. The van der Waals surface area contributed by atoms with E-state index in [-0.39, 0.29) is 0 Å². The molecule has 1 heterocycles. The minimum Gasteiger partial charge on any atom is -0.490 e. The molecule has 1 aromatic carbocycles. The lowest BCUT2D eigenvalue weighted by molar-refractivity contribution is 0.276. The Morgan fingerprint density at radius 1 is 1.20 bits per heavy atom. The molecule has 1 N–H and O–H groups in total. The van der Waals surface area contributed by atoms with Gasteiger partial charge in [0.15, 0.2) is 11.5 Å². The van der Waals surface area contributed by atoms with Crippen LogP contribution in [-0.2, 0) is 13.0 Å². The third-order valence-electron chi connectivity index (χ3n) is 2.94. The fourth-order valence-electron chi connectivity index (χ4n) is 2.03. The second kappa shape index (κ2) is 7.92. The van der Waals surface area contributed by atoms with Crippen molar-refractivity contribution in [2.24, 2.45) is 0 Å². The van der Waals surface area contributed by atoms with Crippen LogP contribution >= 0.6 is 11.3 Å². The Morgan fingerprint density at radius 3 is 2.80 bits per heavy atom. The van der Waals surface area contributed by atoms with E-state index < -0.39 is 0 Å². The number of hydrogen-bond donors (Lipinski definition) is 1. The Bertz CT molecular complexity index is 487. The second-order valence-electron chi connectivity index (χ2n) is 4.44. The summed E-state index contributed by atoms with van der Waals surface area (Å²) in [6, 6.07) is 8.17. The van der Waals surface area contributed by atoms with E-state index in [4.69, 9.17) is 9.47 Å². The highest BCUT2D eigenvalue weighted by atomic mass is 32.1. The zero-order valence-electron chi connectivity index (χ0n) is 12.0. The first-order chi connectivity index (χ1) is 9.85. The maximum atomic E-state index is 5.99. The van der Waals surface area contributed by atoms with Gasteiger partial charge in [-0.25, -0.2) is 0 Å². The standard InChI is InChI=1S/C16H21NO2S/c1-3-18-15-6-4-5-14(11-17-2)16(15)19-9-7-13-8-10-20-12-13/h4-6,8,10,12,17H,3,7,9,11H2,1-2H3. The molecule has 0 aliphatic heterocycles. The molecule has 3 nitrogen and oxygen atoms in total. The van der Waals surface area contributed by atoms with Gasteiger partial charge in [0.05, 0.1) is 13.2 Å². The first-order valence-corrected chi connectivity index (χ1v) is 7.82. The number of benzene rings is 1. The van der Waals surface area contributed by atoms with Crippen LogP contribution in [0.25, 0.3) is 0 Å². The van der Waals surface area contributed by atoms with Crippen molar-refractivity contribution >= 4 is 11.3 Å². The van der Waals surface area contributed by atoms with Gasteiger partial charge in [0, 0.05) is 18.5 Å². The molecule has 0 saturated heterocycles. The van der Waals surface area contributed by atoms with Gasteiger partial charge in [0.1, 0.15) is 0 Å². The number of para-hydroxylation sites is 1. The Hall–Kier alpha value is -1.52. The quantitative estimate of drug-likeness (QED) is 0.807. The summed E-state index contributed by atoms with van der Waals surface area (Å²) in [6.45, 7) is 4.07. The zero-order valence-corrected chi connectivity index (χ0v) is 12.8. The number of rotatable bonds is 8. The molecule has 0 fully saturated rings. The molecule has 0 unspecified atom stereocenters. The molecule has 2 aromatic rings. The van der Waals surface area contributed by atoms with E-state index in [1.807, 2.05) is 26.1 Å². The predicted molar refractivity (Wildman–Crippen MR) is 83.9 cm³/mol. The van der Waals surface area contributed by atoms with E-state index in [1.165, 1.54) is 5.56 Å². The zero-order chi connectivity index (χ0) is 14.2. The molecule has 0 atom stereocenters. The van der Waals surface area contributed by atoms with Crippen LogP contribution in [0.15, 0.2) is 35.0 Å². The van der Waals surface area contributed by atoms with Crippen LogP contribution in [0.2, 0.25) is 0 Å². The van der Waals surface area contributed by atoms with E-state index in [0.29, 0.717) is 13.2 Å². The molecule has 4 heteroatoms. The molecule has 0 bridgehead atoms. The molecule has 2 rings (SSSR count). The second-order valence-corrected chi connectivity index (χ2v) is 5.22. The lowest BCUT2D eigenvalue weighted by Crippen LogP contribution is -2.10. The van der Waals surface area contributed by atoms with Crippen molar-refractivity contribution in [2.45, 2.75) is 19.9 Å². The van der Waals surface area contributed by atoms with Crippen LogP contribution in [0.5, 0.6) is 11.5 Å². The minimum absolute atomic E-state index is 0.643. The van der Waals surface area contributed by atoms with E-state index in [2.05, 4.69) is 28.2 Å². The Labute approximate surface area is 124 Å². The summed E-state index contributed by atoms with van der Waals surface area (Å²) >= 11 is 1.72. The lowest BCUT2D eigenvalue weighted by atomic mass is 10.2. The monoisotopic (exact) mass is 291 g/mol. The van der Waals surface area contributed by atoms with Crippen LogP contribution < -0.4 is 14.8 Å². The molecule has 0 amide bonds. The molecule has 0 radical (unpaired) electrons. The molecule has 0 aliphatic rings. The summed E-state index contributed by atoms with van der Waals surface area (Å²) in [5, 5.41) is 7.42. The van der Waals surface area contributed by atoms with Crippen LogP contribution in [0, 0.1) is 0 Å². The van der Waals surface area contributed by atoms with Crippen molar-refractivity contribution in [1.29, 1.82) is 0 Å². The van der Waals surface area contributed by atoms with E-state index in [1.54, 1.807) is 11.3 Å². The number of thiophene rings is 1. The first-order valence-electron chi connectivity index (χ1n) is 6.88. The van der Waals surface area contributed by atoms with Gasteiger partial charge in [-0.2, -0.15) is 11.3 Å². The lowest BCUT2D eigenvalue weighted by Gasteiger charge is -2.15. The highest BCUT2D eigenvalue weighted by Gasteiger charge is 2.10. The van der Waals surface area contributed by atoms with Crippen molar-refractivity contribution in [3.05, 3.63) is 46.2 Å². The maximum Gasteiger partial charge on any atom is 0.165 e. The topological polar surface area (TPSA) is 30.5 Å². The van der Waals surface area contributed by atoms with Crippen LogP contribution in [0.3, 0.4) is 0 Å². The van der Waals surface area contributed by atoms with Crippen molar-refractivity contribution in [3.8, 4) is 11.5 Å². The summed E-state index contributed by atoms with van der Waals surface area (Å²) in [4.78, 5) is 0. The number of hydrogen-bond acceptors (Lipinski definition) is 4. The van der Waals surface area contributed by atoms with Crippen LogP contribution in [0.4, 0.5) is 0 Å². The van der Waals surface area contributed by atoms with E-state index >= 15 is 0 Å². The van der Waals surface area contributed by atoms with E-state index in [0.717, 1.165) is 30.0 Å². The normalized spacial score (nSPS) is 10.5. The van der Waals surface area contributed by atoms with Crippen LogP contribution in [-0.4, -0.2) is 20.3 Å². The summed E-state index contributed by atoms with van der Waals surface area (Å²) in [5.41, 5.74) is 2.45. The largest absolute Gasteiger partial charge is 0.490 e.